The molecule has 1 aliphatic carbocycles. The molecule has 0 unspecified atom stereocenters. The van der Waals surface area contributed by atoms with Crippen molar-refractivity contribution in [3.05, 3.63) is 11.6 Å². The summed E-state index contributed by atoms with van der Waals surface area (Å²) in [7, 11) is 1.74. The Hall–Kier alpha value is -0.340. The zero-order valence-electron chi connectivity index (χ0n) is 9.51. The Labute approximate surface area is 87.7 Å². The number of methoxy groups -OCH3 is 1. The Morgan fingerprint density at radius 1 is 1.43 bits per heavy atom. The number of hydrogen-bond acceptors (Lipinski definition) is 2. The van der Waals surface area contributed by atoms with E-state index < -0.39 is 0 Å². The van der Waals surface area contributed by atoms with Gasteiger partial charge < -0.3 is 10.1 Å². The van der Waals surface area contributed by atoms with Gasteiger partial charge in [-0.05, 0) is 38.6 Å². The van der Waals surface area contributed by atoms with Crippen LogP contribution in [-0.2, 0) is 4.74 Å². The highest BCUT2D eigenvalue weighted by Gasteiger charge is 2.17. The van der Waals surface area contributed by atoms with E-state index in [4.69, 9.17) is 4.74 Å². The molecule has 0 aromatic heterocycles. The average molecular weight is 197 g/mol. The summed E-state index contributed by atoms with van der Waals surface area (Å²) in [6, 6.07) is 0. The number of allylic oxidation sites excluding steroid dienone is 1. The van der Waals surface area contributed by atoms with Gasteiger partial charge in [0.15, 0.2) is 0 Å². The summed E-state index contributed by atoms with van der Waals surface area (Å²) in [5.74, 6) is 0.911. The molecule has 2 nitrogen and oxygen atoms in total. The maximum Gasteiger partial charge on any atom is 0.0587 e. The molecule has 0 aromatic rings. The summed E-state index contributed by atoms with van der Waals surface area (Å²) < 4.78 is 4.96. The largest absolute Gasteiger partial charge is 0.383 e. The van der Waals surface area contributed by atoms with E-state index in [2.05, 4.69) is 18.3 Å². The zero-order valence-corrected chi connectivity index (χ0v) is 9.51. The predicted molar refractivity (Wildman–Crippen MR) is 60.5 cm³/mol. The Morgan fingerprint density at radius 3 is 2.79 bits per heavy atom. The molecule has 2 heteroatoms. The predicted octanol–water partition coefficient (Wildman–Crippen LogP) is 2.36. The molecule has 1 rings (SSSR count). The third-order valence-electron chi connectivity index (χ3n) is 3.02. The van der Waals surface area contributed by atoms with E-state index in [1.165, 1.54) is 19.3 Å². The Bertz CT molecular complexity index is 173. The zero-order chi connectivity index (χ0) is 10.2. The molecule has 1 N–H and O–H groups in total. The molecule has 1 fully saturated rings. The van der Waals surface area contributed by atoms with E-state index in [9.17, 15) is 0 Å². The highest BCUT2D eigenvalue weighted by atomic mass is 16.5. The standard InChI is InChI=1S/C12H23NO/c1-11(12-6-3-7-12)5-4-8-13-9-10-14-2/h5,12-13H,3-4,6-10H2,1-2H3/b11-5-. The first kappa shape index (κ1) is 11.7. The summed E-state index contributed by atoms with van der Waals surface area (Å²) in [5.41, 5.74) is 1.60. The van der Waals surface area contributed by atoms with E-state index >= 15 is 0 Å². The van der Waals surface area contributed by atoms with E-state index in [-0.39, 0.29) is 0 Å². The number of nitrogens with one attached hydrogen (secondary N) is 1. The Kier molecular flexibility index (Phi) is 5.88. The van der Waals surface area contributed by atoms with Gasteiger partial charge in [-0.3, -0.25) is 0 Å². The molecule has 1 aliphatic rings. The van der Waals surface area contributed by atoms with Gasteiger partial charge in [0.25, 0.3) is 0 Å². The average Bonchev–Trinajstić information content (AvgIpc) is 2.08. The van der Waals surface area contributed by atoms with Crippen LogP contribution in [0.25, 0.3) is 0 Å². The molecule has 1 saturated carbocycles. The van der Waals surface area contributed by atoms with E-state index in [1.54, 1.807) is 12.7 Å². The molecule has 0 atom stereocenters. The van der Waals surface area contributed by atoms with Crippen molar-refractivity contribution in [1.29, 1.82) is 0 Å². The fourth-order valence-electron chi connectivity index (χ4n) is 1.73. The summed E-state index contributed by atoms with van der Waals surface area (Å²) in [6.45, 7) is 5.13. The van der Waals surface area contributed by atoms with Crippen LogP contribution in [0, 0.1) is 5.92 Å². The van der Waals surface area contributed by atoms with Gasteiger partial charge in [-0.25, -0.2) is 0 Å². The first-order valence-corrected chi connectivity index (χ1v) is 5.71. The smallest absolute Gasteiger partial charge is 0.0587 e. The lowest BCUT2D eigenvalue weighted by Crippen LogP contribution is -2.20. The highest BCUT2D eigenvalue weighted by molar-refractivity contribution is 5.06. The van der Waals surface area contributed by atoms with Crippen molar-refractivity contribution in [2.75, 3.05) is 26.8 Å². The number of hydrogen-bond donors (Lipinski definition) is 1. The topological polar surface area (TPSA) is 21.3 Å². The first-order valence-electron chi connectivity index (χ1n) is 5.71. The minimum absolute atomic E-state index is 0.811. The molecule has 0 saturated heterocycles. The quantitative estimate of drug-likeness (QED) is 0.500. The second-order valence-corrected chi connectivity index (χ2v) is 4.11. The third kappa shape index (κ3) is 4.25. The van der Waals surface area contributed by atoms with E-state index in [1.807, 2.05) is 0 Å². The molecule has 0 radical (unpaired) electrons. The maximum absolute atomic E-state index is 4.96. The lowest BCUT2D eigenvalue weighted by atomic mass is 9.80. The second-order valence-electron chi connectivity index (χ2n) is 4.11. The van der Waals surface area contributed by atoms with Crippen LogP contribution >= 0.6 is 0 Å². The monoisotopic (exact) mass is 197 g/mol. The van der Waals surface area contributed by atoms with Crippen LogP contribution in [0.3, 0.4) is 0 Å². The lowest BCUT2D eigenvalue weighted by molar-refractivity contribution is 0.199. The van der Waals surface area contributed by atoms with Crippen molar-refractivity contribution in [3.8, 4) is 0 Å². The van der Waals surface area contributed by atoms with Gasteiger partial charge in [-0.1, -0.05) is 18.1 Å². The minimum atomic E-state index is 0.811. The van der Waals surface area contributed by atoms with Gasteiger partial charge in [0.2, 0.25) is 0 Å². The molecule has 0 bridgehead atoms. The maximum atomic E-state index is 4.96. The van der Waals surface area contributed by atoms with Gasteiger partial charge in [0.1, 0.15) is 0 Å². The lowest BCUT2D eigenvalue weighted by Gasteiger charge is -2.26. The molecule has 82 valence electrons. The van der Waals surface area contributed by atoms with Crippen LogP contribution in [-0.4, -0.2) is 26.8 Å². The SMILES string of the molecule is COCCNCC/C=C(/C)C1CCC1. The third-order valence-corrected chi connectivity index (χ3v) is 3.02. The number of ether oxygens (including phenoxy) is 1. The molecule has 0 heterocycles. The van der Waals surface area contributed by atoms with Crippen molar-refractivity contribution in [2.45, 2.75) is 32.6 Å². The van der Waals surface area contributed by atoms with Crippen molar-refractivity contribution >= 4 is 0 Å². The summed E-state index contributed by atoms with van der Waals surface area (Å²) in [6.07, 6.45) is 7.82. The minimum Gasteiger partial charge on any atom is -0.383 e. The van der Waals surface area contributed by atoms with Gasteiger partial charge in [0.05, 0.1) is 6.61 Å². The molecular weight excluding hydrogens is 174 g/mol. The fraction of sp³-hybridized carbons (Fsp3) is 0.833. The van der Waals surface area contributed by atoms with Gasteiger partial charge in [-0.2, -0.15) is 0 Å². The van der Waals surface area contributed by atoms with Gasteiger partial charge in [0, 0.05) is 13.7 Å². The summed E-state index contributed by atoms with van der Waals surface area (Å²) in [4.78, 5) is 0. The van der Waals surface area contributed by atoms with Crippen molar-refractivity contribution < 1.29 is 4.74 Å². The highest BCUT2D eigenvalue weighted by Crippen LogP contribution is 2.32. The van der Waals surface area contributed by atoms with Crippen LogP contribution < -0.4 is 5.32 Å². The van der Waals surface area contributed by atoms with Gasteiger partial charge in [-0.15, -0.1) is 0 Å². The van der Waals surface area contributed by atoms with Crippen molar-refractivity contribution in [2.24, 2.45) is 5.92 Å². The van der Waals surface area contributed by atoms with Crippen LogP contribution in [0.5, 0.6) is 0 Å². The molecule has 0 aliphatic heterocycles. The first-order chi connectivity index (χ1) is 6.84. The Morgan fingerprint density at radius 2 is 2.21 bits per heavy atom. The van der Waals surface area contributed by atoms with E-state index in [0.29, 0.717) is 0 Å². The van der Waals surface area contributed by atoms with E-state index in [0.717, 1.165) is 32.0 Å². The number of rotatable bonds is 7. The molecule has 0 spiro atoms. The molecule has 14 heavy (non-hydrogen) atoms. The molecular formula is C12H23NO. The van der Waals surface area contributed by atoms with Crippen molar-refractivity contribution in [1.82, 2.24) is 5.32 Å². The fourth-order valence-corrected chi connectivity index (χ4v) is 1.73. The molecule has 0 aromatic carbocycles. The van der Waals surface area contributed by atoms with Crippen LogP contribution in [0.2, 0.25) is 0 Å². The molecule has 0 amide bonds. The van der Waals surface area contributed by atoms with Crippen LogP contribution in [0.15, 0.2) is 11.6 Å². The van der Waals surface area contributed by atoms with Gasteiger partial charge >= 0.3 is 0 Å². The summed E-state index contributed by atoms with van der Waals surface area (Å²) in [5, 5.41) is 3.35. The van der Waals surface area contributed by atoms with Crippen LogP contribution in [0.4, 0.5) is 0 Å². The normalized spacial score (nSPS) is 18.3. The van der Waals surface area contributed by atoms with Crippen molar-refractivity contribution in [3.63, 3.8) is 0 Å². The Balaban J connectivity index is 1.95. The van der Waals surface area contributed by atoms with Crippen LogP contribution in [0.1, 0.15) is 32.6 Å². The second kappa shape index (κ2) is 7.02. The summed E-state index contributed by atoms with van der Waals surface area (Å²) >= 11 is 0.